The van der Waals surface area contributed by atoms with Gasteiger partial charge in [-0.1, -0.05) is 12.1 Å². The van der Waals surface area contributed by atoms with Crippen LogP contribution in [-0.2, 0) is 4.74 Å². The van der Waals surface area contributed by atoms with Crippen LogP contribution in [0.3, 0.4) is 0 Å². The van der Waals surface area contributed by atoms with Crippen LogP contribution in [0.1, 0.15) is 20.8 Å². The smallest absolute Gasteiger partial charge is 0.413 e. The van der Waals surface area contributed by atoms with Gasteiger partial charge in [0.05, 0.1) is 0 Å². The summed E-state index contributed by atoms with van der Waals surface area (Å²) >= 11 is 0. The zero-order valence-corrected chi connectivity index (χ0v) is 9.07. The van der Waals surface area contributed by atoms with E-state index in [9.17, 15) is 4.79 Å². The summed E-state index contributed by atoms with van der Waals surface area (Å²) in [5.74, 6) is 0.379. The second-order valence-corrected chi connectivity index (χ2v) is 4.07. The largest absolute Gasteiger partial charge is 0.444 e. The minimum atomic E-state index is -0.541. The van der Waals surface area contributed by atoms with Crippen LogP contribution in [0.4, 0.5) is 10.6 Å². The fraction of sp³-hybridized carbons (Fsp3) is 0.400. The highest BCUT2D eigenvalue weighted by molar-refractivity contribution is 6.30. The molecule has 0 aliphatic heterocycles. The molecule has 1 N–H and O–H groups in total. The fourth-order valence-corrected chi connectivity index (χ4v) is 0.929. The number of aromatic nitrogens is 1. The first-order valence-electron chi connectivity index (χ1n) is 4.59. The number of nitrogens with one attached hydrogen (secondary N) is 1. The topological polar surface area (TPSA) is 51.2 Å². The second kappa shape index (κ2) is 4.34. The zero-order valence-electron chi connectivity index (χ0n) is 9.07. The van der Waals surface area contributed by atoms with E-state index in [0.717, 1.165) is 0 Å². The molecule has 0 unspecified atom stereocenters. The minimum absolute atomic E-state index is 0.351. The highest BCUT2D eigenvalue weighted by atomic mass is 16.6. The predicted molar refractivity (Wildman–Crippen MR) is 59.5 cm³/mol. The van der Waals surface area contributed by atoms with E-state index in [2.05, 4.69) is 10.3 Å². The molecule has 0 saturated heterocycles. The number of amides is 1. The molecule has 0 aliphatic carbocycles. The average molecular weight is 204 g/mol. The Morgan fingerprint density at radius 2 is 2.13 bits per heavy atom. The van der Waals surface area contributed by atoms with Gasteiger partial charge >= 0.3 is 6.09 Å². The van der Waals surface area contributed by atoms with E-state index in [4.69, 9.17) is 12.6 Å². The number of hydrogen-bond acceptors (Lipinski definition) is 3. The first-order valence-corrected chi connectivity index (χ1v) is 4.59. The van der Waals surface area contributed by atoms with Crippen LogP contribution in [0.5, 0.6) is 0 Å². The molecule has 0 atom stereocenters. The standard InChI is InChI=1S/C10H13BN2O2/c1-10(2,3)15-9(14)13-8-6-4-5-7(11)12-8/h4-6H,1-3H3,(H,12,13,14). The molecule has 4 nitrogen and oxygen atoms in total. The maximum absolute atomic E-state index is 11.3. The van der Waals surface area contributed by atoms with Crippen molar-refractivity contribution in [3.63, 3.8) is 0 Å². The molecular formula is C10H13BN2O2. The first kappa shape index (κ1) is 11.6. The molecule has 1 aromatic heterocycles. The molecule has 1 heterocycles. The van der Waals surface area contributed by atoms with E-state index in [-0.39, 0.29) is 0 Å². The van der Waals surface area contributed by atoms with Crippen molar-refractivity contribution in [3.05, 3.63) is 18.2 Å². The summed E-state index contributed by atoms with van der Waals surface area (Å²) in [6, 6.07) is 4.98. The molecular weight excluding hydrogens is 191 g/mol. The molecule has 0 aromatic carbocycles. The van der Waals surface area contributed by atoms with E-state index in [1.165, 1.54) is 0 Å². The third kappa shape index (κ3) is 4.49. The molecule has 78 valence electrons. The molecule has 0 fully saturated rings. The Labute approximate surface area is 90.5 Å². The summed E-state index contributed by atoms with van der Waals surface area (Å²) in [7, 11) is 5.46. The lowest BCUT2D eigenvalue weighted by Crippen LogP contribution is -2.28. The third-order valence-electron chi connectivity index (χ3n) is 1.40. The van der Waals surface area contributed by atoms with Gasteiger partial charge in [-0.25, -0.2) is 9.78 Å². The van der Waals surface area contributed by atoms with E-state index in [0.29, 0.717) is 11.4 Å². The summed E-state index contributed by atoms with van der Waals surface area (Å²) in [5, 5.41) is 2.49. The summed E-state index contributed by atoms with van der Waals surface area (Å²) < 4.78 is 5.05. The number of anilines is 1. The lowest BCUT2D eigenvalue weighted by Gasteiger charge is -2.19. The van der Waals surface area contributed by atoms with Crippen LogP contribution in [0.25, 0.3) is 0 Å². The molecule has 5 heteroatoms. The molecule has 1 amide bonds. The monoisotopic (exact) mass is 204 g/mol. The van der Waals surface area contributed by atoms with E-state index < -0.39 is 11.7 Å². The van der Waals surface area contributed by atoms with Gasteiger partial charge in [0, 0.05) is 0 Å². The van der Waals surface area contributed by atoms with Crippen LogP contribution in [0.2, 0.25) is 0 Å². The summed E-state index contributed by atoms with van der Waals surface area (Å²) in [4.78, 5) is 15.2. The van der Waals surface area contributed by atoms with Gasteiger partial charge in [-0.3, -0.25) is 5.32 Å². The highest BCUT2D eigenvalue weighted by Gasteiger charge is 2.16. The molecule has 0 saturated carbocycles. The zero-order chi connectivity index (χ0) is 11.5. The van der Waals surface area contributed by atoms with Crippen molar-refractivity contribution in [2.24, 2.45) is 0 Å². The minimum Gasteiger partial charge on any atom is -0.444 e. The Balaban J connectivity index is 2.59. The van der Waals surface area contributed by atoms with Crippen LogP contribution in [0.15, 0.2) is 18.2 Å². The van der Waals surface area contributed by atoms with E-state index in [1.807, 2.05) is 0 Å². The van der Waals surface area contributed by atoms with Crippen LogP contribution in [0, 0.1) is 0 Å². The molecule has 1 aromatic rings. The molecule has 2 radical (unpaired) electrons. The van der Waals surface area contributed by atoms with E-state index in [1.54, 1.807) is 39.0 Å². The Kier molecular flexibility index (Phi) is 3.34. The van der Waals surface area contributed by atoms with Crippen LogP contribution < -0.4 is 10.9 Å². The van der Waals surface area contributed by atoms with Gasteiger partial charge in [0.1, 0.15) is 19.3 Å². The van der Waals surface area contributed by atoms with Crippen LogP contribution >= 0.6 is 0 Å². The SMILES string of the molecule is [B]c1cccc(NC(=O)OC(C)(C)C)n1. The molecule has 0 aliphatic rings. The summed E-state index contributed by atoms with van der Waals surface area (Å²) in [5.41, 5.74) is -0.173. The Morgan fingerprint density at radius 1 is 1.47 bits per heavy atom. The summed E-state index contributed by atoms with van der Waals surface area (Å²) in [6.45, 7) is 5.37. The van der Waals surface area contributed by atoms with Crippen molar-refractivity contribution in [3.8, 4) is 0 Å². The van der Waals surface area contributed by atoms with E-state index >= 15 is 0 Å². The summed E-state index contributed by atoms with van der Waals surface area (Å²) in [6.07, 6.45) is -0.541. The van der Waals surface area contributed by atoms with Gasteiger partial charge in [0.25, 0.3) is 0 Å². The molecule has 1 rings (SSSR count). The number of hydrogen-bond donors (Lipinski definition) is 1. The number of ether oxygens (including phenoxy) is 1. The van der Waals surface area contributed by atoms with Gasteiger partial charge in [0.2, 0.25) is 0 Å². The number of pyridine rings is 1. The first-order chi connectivity index (χ1) is 6.87. The van der Waals surface area contributed by atoms with Crippen molar-refractivity contribution < 1.29 is 9.53 Å². The van der Waals surface area contributed by atoms with Crippen molar-refractivity contribution in [1.29, 1.82) is 0 Å². The van der Waals surface area contributed by atoms with Crippen molar-refractivity contribution in [2.45, 2.75) is 26.4 Å². The third-order valence-corrected chi connectivity index (χ3v) is 1.40. The lowest BCUT2D eigenvalue weighted by molar-refractivity contribution is 0.0635. The number of carbonyl (C=O) groups is 1. The van der Waals surface area contributed by atoms with Crippen molar-refractivity contribution in [1.82, 2.24) is 4.98 Å². The lowest BCUT2D eigenvalue weighted by atomic mass is 10.0. The Hall–Kier alpha value is -1.52. The Bertz CT molecular complexity index is 361. The normalized spacial score (nSPS) is 10.9. The molecule has 0 bridgehead atoms. The van der Waals surface area contributed by atoms with Gasteiger partial charge in [-0.15, -0.1) is 0 Å². The predicted octanol–water partition coefficient (Wildman–Crippen LogP) is 1.22. The molecule has 15 heavy (non-hydrogen) atoms. The number of carbonyl (C=O) groups excluding carboxylic acids is 1. The van der Waals surface area contributed by atoms with Gasteiger partial charge in [-0.05, 0) is 32.4 Å². The quantitative estimate of drug-likeness (QED) is 0.699. The Morgan fingerprint density at radius 3 is 2.67 bits per heavy atom. The number of rotatable bonds is 1. The van der Waals surface area contributed by atoms with Gasteiger partial charge < -0.3 is 4.74 Å². The van der Waals surface area contributed by atoms with Crippen molar-refractivity contribution >= 4 is 25.4 Å². The maximum atomic E-state index is 11.3. The molecule has 0 spiro atoms. The van der Waals surface area contributed by atoms with Crippen LogP contribution in [-0.4, -0.2) is 24.5 Å². The van der Waals surface area contributed by atoms with Gasteiger partial charge in [-0.2, -0.15) is 0 Å². The van der Waals surface area contributed by atoms with Gasteiger partial charge in [0.15, 0.2) is 0 Å². The highest BCUT2D eigenvalue weighted by Crippen LogP contribution is 2.08. The van der Waals surface area contributed by atoms with Crippen molar-refractivity contribution in [2.75, 3.05) is 5.32 Å². The maximum Gasteiger partial charge on any atom is 0.413 e. The fourth-order valence-electron chi connectivity index (χ4n) is 0.929. The average Bonchev–Trinajstić information content (AvgIpc) is 1.99. The second-order valence-electron chi connectivity index (χ2n) is 4.07. The number of nitrogens with zero attached hydrogens (tertiary/aromatic N) is 1.